The Morgan fingerprint density at radius 3 is 2.68 bits per heavy atom. The molecule has 0 aliphatic heterocycles. The van der Waals surface area contributed by atoms with E-state index < -0.39 is 11.8 Å². The van der Waals surface area contributed by atoms with E-state index in [0.29, 0.717) is 12.2 Å². The van der Waals surface area contributed by atoms with Crippen molar-refractivity contribution >= 4 is 11.7 Å². The molecule has 0 saturated carbocycles. The Balaban J connectivity index is 2.15. The van der Waals surface area contributed by atoms with Crippen molar-refractivity contribution in [2.24, 2.45) is 0 Å². The van der Waals surface area contributed by atoms with Crippen LogP contribution in [-0.2, 0) is 17.8 Å². The number of benzene rings is 1. The van der Waals surface area contributed by atoms with Gasteiger partial charge < -0.3 is 10.4 Å². The third kappa shape index (κ3) is 3.51. The van der Waals surface area contributed by atoms with Crippen molar-refractivity contribution in [1.82, 2.24) is 4.98 Å². The minimum Gasteiger partial charge on any atom is -0.481 e. The lowest BCUT2D eigenvalue weighted by Crippen LogP contribution is -2.08. The number of aromatic nitrogens is 1. The number of carbonyl (C=O) groups is 1. The summed E-state index contributed by atoms with van der Waals surface area (Å²) in [7, 11) is 0. The topological polar surface area (TPSA) is 62.2 Å². The van der Waals surface area contributed by atoms with Gasteiger partial charge in [-0.2, -0.15) is 0 Å². The van der Waals surface area contributed by atoms with Crippen molar-refractivity contribution in [2.45, 2.75) is 13.0 Å². The van der Waals surface area contributed by atoms with Gasteiger partial charge in [-0.05, 0) is 29.8 Å². The average Bonchev–Trinajstić information content (AvgIpc) is 2.40. The van der Waals surface area contributed by atoms with Gasteiger partial charge in [-0.25, -0.2) is 4.39 Å². The van der Waals surface area contributed by atoms with Gasteiger partial charge in [-0.15, -0.1) is 0 Å². The molecular formula is C14H13FN2O2. The average molecular weight is 260 g/mol. The summed E-state index contributed by atoms with van der Waals surface area (Å²) in [4.78, 5) is 14.7. The van der Waals surface area contributed by atoms with Gasteiger partial charge in [-0.1, -0.05) is 6.07 Å². The second-order valence-electron chi connectivity index (χ2n) is 4.05. The predicted octanol–water partition coefficient (Wildman–Crippen LogP) is 2.46. The molecule has 0 spiro atoms. The summed E-state index contributed by atoms with van der Waals surface area (Å²) in [6.07, 6.45) is 2.99. The van der Waals surface area contributed by atoms with Crippen molar-refractivity contribution in [3.05, 3.63) is 59.7 Å². The smallest absolute Gasteiger partial charge is 0.308 e. The number of hydrogen-bond acceptors (Lipinski definition) is 3. The molecule has 1 aromatic carbocycles. The Labute approximate surface area is 109 Å². The fraction of sp³-hybridized carbons (Fsp3) is 0.143. The molecule has 0 atom stereocenters. The first-order valence-electron chi connectivity index (χ1n) is 5.79. The molecule has 4 nitrogen and oxygen atoms in total. The number of hydrogen-bond donors (Lipinski definition) is 2. The van der Waals surface area contributed by atoms with Gasteiger partial charge in [0.1, 0.15) is 5.82 Å². The predicted molar refractivity (Wildman–Crippen MR) is 69.3 cm³/mol. The van der Waals surface area contributed by atoms with Gasteiger partial charge in [0.2, 0.25) is 0 Å². The Bertz CT molecular complexity index is 573. The number of halogens is 1. The van der Waals surface area contributed by atoms with E-state index in [4.69, 9.17) is 5.11 Å². The third-order valence-electron chi connectivity index (χ3n) is 2.68. The van der Waals surface area contributed by atoms with Crippen LogP contribution in [0.1, 0.15) is 11.1 Å². The highest BCUT2D eigenvalue weighted by Crippen LogP contribution is 2.20. The van der Waals surface area contributed by atoms with Gasteiger partial charge in [-0.3, -0.25) is 9.78 Å². The van der Waals surface area contributed by atoms with Gasteiger partial charge in [0.05, 0.1) is 6.42 Å². The van der Waals surface area contributed by atoms with Crippen LogP contribution in [0, 0.1) is 5.82 Å². The van der Waals surface area contributed by atoms with Crippen LogP contribution in [0.25, 0.3) is 0 Å². The van der Waals surface area contributed by atoms with Crippen LogP contribution in [0.4, 0.5) is 10.1 Å². The molecule has 98 valence electrons. The molecule has 1 heterocycles. The van der Waals surface area contributed by atoms with E-state index in [9.17, 15) is 9.18 Å². The number of carboxylic acid groups (broad SMARTS) is 1. The van der Waals surface area contributed by atoms with Crippen LogP contribution in [0.15, 0.2) is 42.7 Å². The highest BCUT2D eigenvalue weighted by atomic mass is 19.1. The summed E-state index contributed by atoms with van der Waals surface area (Å²) in [5.41, 5.74) is 1.66. The van der Waals surface area contributed by atoms with Crippen LogP contribution < -0.4 is 5.32 Å². The van der Waals surface area contributed by atoms with E-state index in [1.807, 2.05) is 12.1 Å². The standard InChI is InChI=1S/C14H13FN2O2/c15-12-2-1-3-13(11(12)8-14(18)19)17-9-10-4-6-16-7-5-10/h1-7,17H,8-9H2,(H,18,19). The van der Waals surface area contributed by atoms with E-state index in [2.05, 4.69) is 10.3 Å². The normalized spacial score (nSPS) is 10.2. The number of rotatable bonds is 5. The SMILES string of the molecule is O=C(O)Cc1c(F)cccc1NCc1ccncc1. The maximum absolute atomic E-state index is 13.6. The molecule has 5 heteroatoms. The number of aliphatic carboxylic acids is 1. The van der Waals surface area contributed by atoms with Gasteiger partial charge in [0.25, 0.3) is 0 Å². The first-order chi connectivity index (χ1) is 9.16. The fourth-order valence-corrected chi connectivity index (χ4v) is 1.75. The number of nitrogens with zero attached hydrogens (tertiary/aromatic N) is 1. The van der Waals surface area contributed by atoms with Crippen LogP contribution in [-0.4, -0.2) is 16.1 Å². The zero-order chi connectivity index (χ0) is 13.7. The summed E-state index contributed by atoms with van der Waals surface area (Å²) in [6, 6.07) is 8.15. The molecule has 2 aromatic rings. The lowest BCUT2D eigenvalue weighted by atomic mass is 10.1. The highest BCUT2D eigenvalue weighted by molar-refractivity contribution is 5.73. The summed E-state index contributed by atoms with van der Waals surface area (Å²) >= 11 is 0. The van der Waals surface area contributed by atoms with Crippen LogP contribution in [0.3, 0.4) is 0 Å². The molecule has 0 amide bonds. The molecule has 0 aliphatic carbocycles. The molecule has 0 saturated heterocycles. The number of anilines is 1. The fourth-order valence-electron chi connectivity index (χ4n) is 1.75. The van der Waals surface area contributed by atoms with Crippen LogP contribution in [0.5, 0.6) is 0 Å². The van der Waals surface area contributed by atoms with Gasteiger partial charge >= 0.3 is 5.97 Å². The molecular weight excluding hydrogens is 247 g/mol. The summed E-state index contributed by atoms with van der Waals surface area (Å²) < 4.78 is 13.6. The first kappa shape index (κ1) is 13.0. The second kappa shape index (κ2) is 5.95. The summed E-state index contributed by atoms with van der Waals surface area (Å²) in [6.45, 7) is 0.485. The second-order valence-corrected chi connectivity index (χ2v) is 4.05. The van der Waals surface area contributed by atoms with E-state index in [1.165, 1.54) is 6.07 Å². The zero-order valence-corrected chi connectivity index (χ0v) is 10.1. The van der Waals surface area contributed by atoms with Gasteiger partial charge in [0.15, 0.2) is 0 Å². The quantitative estimate of drug-likeness (QED) is 0.866. The molecule has 0 radical (unpaired) electrons. The maximum Gasteiger partial charge on any atom is 0.308 e. The van der Waals surface area contributed by atoms with Crippen LogP contribution >= 0.6 is 0 Å². The molecule has 0 fully saturated rings. The Morgan fingerprint density at radius 1 is 1.26 bits per heavy atom. The van der Waals surface area contributed by atoms with E-state index >= 15 is 0 Å². The van der Waals surface area contributed by atoms with Gasteiger partial charge in [0, 0.05) is 30.2 Å². The lowest BCUT2D eigenvalue weighted by Gasteiger charge is -2.11. The Hall–Kier alpha value is -2.43. The van der Waals surface area contributed by atoms with Crippen molar-refractivity contribution in [2.75, 3.05) is 5.32 Å². The van der Waals surface area contributed by atoms with E-state index in [0.717, 1.165) is 5.56 Å². The number of nitrogens with one attached hydrogen (secondary N) is 1. The van der Waals surface area contributed by atoms with Crippen molar-refractivity contribution in [1.29, 1.82) is 0 Å². The molecule has 0 aliphatic rings. The lowest BCUT2D eigenvalue weighted by molar-refractivity contribution is -0.136. The maximum atomic E-state index is 13.6. The third-order valence-corrected chi connectivity index (χ3v) is 2.68. The molecule has 1 aromatic heterocycles. The summed E-state index contributed by atoms with van der Waals surface area (Å²) in [5, 5.41) is 11.8. The zero-order valence-electron chi connectivity index (χ0n) is 10.1. The Kier molecular flexibility index (Phi) is 4.07. The highest BCUT2D eigenvalue weighted by Gasteiger charge is 2.11. The van der Waals surface area contributed by atoms with E-state index in [-0.39, 0.29) is 12.0 Å². The molecule has 0 unspecified atom stereocenters. The minimum atomic E-state index is -1.06. The monoisotopic (exact) mass is 260 g/mol. The minimum absolute atomic E-state index is 0.170. The van der Waals surface area contributed by atoms with Crippen LogP contribution in [0.2, 0.25) is 0 Å². The number of pyridine rings is 1. The molecule has 19 heavy (non-hydrogen) atoms. The van der Waals surface area contributed by atoms with E-state index in [1.54, 1.807) is 24.5 Å². The Morgan fingerprint density at radius 2 is 2.00 bits per heavy atom. The van der Waals surface area contributed by atoms with Crippen molar-refractivity contribution in [3.63, 3.8) is 0 Å². The molecule has 2 N–H and O–H groups in total. The van der Waals surface area contributed by atoms with Crippen molar-refractivity contribution < 1.29 is 14.3 Å². The molecule has 0 bridgehead atoms. The number of carboxylic acids is 1. The summed E-state index contributed by atoms with van der Waals surface area (Å²) in [5.74, 6) is -1.57. The molecule has 2 rings (SSSR count). The largest absolute Gasteiger partial charge is 0.481 e. The first-order valence-corrected chi connectivity index (χ1v) is 5.79. The van der Waals surface area contributed by atoms with Crippen molar-refractivity contribution in [3.8, 4) is 0 Å².